The SMILES string of the molecule is CCn1cc([C@@H]2OCC[C@H]2CNCc2ccsc2)cn1. The molecule has 1 N–H and O–H groups in total. The lowest BCUT2D eigenvalue weighted by Crippen LogP contribution is -2.24. The highest BCUT2D eigenvalue weighted by atomic mass is 32.1. The van der Waals surface area contributed by atoms with Gasteiger partial charge in [0, 0.05) is 43.9 Å². The molecule has 108 valence electrons. The third kappa shape index (κ3) is 3.11. The Morgan fingerprint density at radius 1 is 1.55 bits per heavy atom. The summed E-state index contributed by atoms with van der Waals surface area (Å²) in [5.74, 6) is 0.545. The highest BCUT2D eigenvalue weighted by molar-refractivity contribution is 7.07. The second-order valence-electron chi connectivity index (χ2n) is 5.23. The molecule has 1 aliphatic heterocycles. The van der Waals surface area contributed by atoms with Gasteiger partial charge in [0.2, 0.25) is 0 Å². The molecule has 20 heavy (non-hydrogen) atoms. The van der Waals surface area contributed by atoms with Gasteiger partial charge in [-0.2, -0.15) is 16.4 Å². The molecule has 0 unspecified atom stereocenters. The number of ether oxygens (including phenoxy) is 1. The zero-order chi connectivity index (χ0) is 13.8. The minimum Gasteiger partial charge on any atom is -0.373 e. The predicted molar refractivity (Wildman–Crippen MR) is 80.7 cm³/mol. The average molecular weight is 291 g/mol. The van der Waals surface area contributed by atoms with Crippen molar-refractivity contribution in [3.8, 4) is 0 Å². The van der Waals surface area contributed by atoms with Crippen LogP contribution in [0.15, 0.2) is 29.2 Å². The summed E-state index contributed by atoms with van der Waals surface area (Å²) in [7, 11) is 0. The number of rotatable bonds is 6. The van der Waals surface area contributed by atoms with Crippen LogP contribution in [0, 0.1) is 5.92 Å². The van der Waals surface area contributed by atoms with Crippen molar-refractivity contribution in [3.05, 3.63) is 40.3 Å². The molecule has 0 aliphatic carbocycles. The summed E-state index contributed by atoms with van der Waals surface area (Å²) >= 11 is 1.75. The Morgan fingerprint density at radius 2 is 2.50 bits per heavy atom. The number of aryl methyl sites for hydroxylation is 1. The van der Waals surface area contributed by atoms with E-state index < -0.39 is 0 Å². The van der Waals surface area contributed by atoms with Crippen LogP contribution in [-0.4, -0.2) is 22.9 Å². The molecular formula is C15H21N3OS. The lowest BCUT2D eigenvalue weighted by atomic mass is 9.97. The smallest absolute Gasteiger partial charge is 0.0896 e. The van der Waals surface area contributed by atoms with Gasteiger partial charge in [-0.1, -0.05) is 0 Å². The zero-order valence-corrected chi connectivity index (χ0v) is 12.6. The van der Waals surface area contributed by atoms with Crippen LogP contribution in [0.2, 0.25) is 0 Å². The number of nitrogens with one attached hydrogen (secondary N) is 1. The fourth-order valence-corrected chi connectivity index (χ4v) is 3.37. The molecule has 2 aromatic heterocycles. The first-order chi connectivity index (χ1) is 9.86. The van der Waals surface area contributed by atoms with Crippen LogP contribution < -0.4 is 5.32 Å². The molecule has 0 aromatic carbocycles. The van der Waals surface area contributed by atoms with Gasteiger partial charge in [-0.25, -0.2) is 0 Å². The maximum Gasteiger partial charge on any atom is 0.0896 e. The summed E-state index contributed by atoms with van der Waals surface area (Å²) in [6, 6.07) is 2.17. The second-order valence-corrected chi connectivity index (χ2v) is 6.01. The van der Waals surface area contributed by atoms with E-state index in [9.17, 15) is 0 Å². The third-order valence-corrected chi connectivity index (χ3v) is 4.57. The molecule has 1 fully saturated rings. The summed E-state index contributed by atoms with van der Waals surface area (Å²) in [5.41, 5.74) is 2.58. The number of hydrogen-bond acceptors (Lipinski definition) is 4. The number of hydrogen-bond donors (Lipinski definition) is 1. The Bertz CT molecular complexity index is 523. The van der Waals surface area contributed by atoms with E-state index >= 15 is 0 Å². The summed E-state index contributed by atoms with van der Waals surface area (Å²) in [6.45, 7) is 5.81. The molecule has 2 atom stereocenters. The first kappa shape index (κ1) is 13.8. The molecule has 0 amide bonds. The van der Waals surface area contributed by atoms with Crippen molar-refractivity contribution in [3.63, 3.8) is 0 Å². The Hall–Kier alpha value is -1.17. The van der Waals surface area contributed by atoms with Crippen molar-refractivity contribution in [2.75, 3.05) is 13.2 Å². The molecule has 3 rings (SSSR count). The van der Waals surface area contributed by atoms with Crippen molar-refractivity contribution >= 4 is 11.3 Å². The molecule has 4 nitrogen and oxygen atoms in total. The van der Waals surface area contributed by atoms with Crippen LogP contribution in [0.3, 0.4) is 0 Å². The molecule has 1 saturated heterocycles. The van der Waals surface area contributed by atoms with Crippen LogP contribution in [0.1, 0.15) is 30.6 Å². The molecule has 1 aliphatic rings. The predicted octanol–water partition coefficient (Wildman–Crippen LogP) is 2.83. The van der Waals surface area contributed by atoms with E-state index in [1.165, 1.54) is 11.1 Å². The van der Waals surface area contributed by atoms with E-state index in [0.29, 0.717) is 5.92 Å². The average Bonchev–Trinajstić information content (AvgIpc) is 3.20. The normalized spacial score (nSPS) is 22.4. The van der Waals surface area contributed by atoms with Gasteiger partial charge in [0.05, 0.1) is 12.3 Å². The van der Waals surface area contributed by atoms with Crippen molar-refractivity contribution in [1.29, 1.82) is 0 Å². The molecule has 0 saturated carbocycles. The van der Waals surface area contributed by atoms with Gasteiger partial charge in [0.15, 0.2) is 0 Å². The van der Waals surface area contributed by atoms with Gasteiger partial charge < -0.3 is 10.1 Å². The number of nitrogens with zero attached hydrogens (tertiary/aromatic N) is 2. The van der Waals surface area contributed by atoms with E-state index in [4.69, 9.17) is 4.74 Å². The largest absolute Gasteiger partial charge is 0.373 e. The molecule has 2 aromatic rings. The van der Waals surface area contributed by atoms with Crippen LogP contribution in [-0.2, 0) is 17.8 Å². The number of thiophene rings is 1. The Labute approximate surface area is 123 Å². The highest BCUT2D eigenvalue weighted by Crippen LogP contribution is 2.33. The van der Waals surface area contributed by atoms with E-state index in [1.807, 2.05) is 10.9 Å². The van der Waals surface area contributed by atoms with E-state index in [-0.39, 0.29) is 6.10 Å². The minimum absolute atomic E-state index is 0.199. The van der Waals surface area contributed by atoms with E-state index in [1.54, 1.807) is 11.3 Å². The Balaban J connectivity index is 1.55. The van der Waals surface area contributed by atoms with Gasteiger partial charge in [-0.05, 0) is 35.7 Å². The molecule has 0 spiro atoms. The van der Waals surface area contributed by atoms with Gasteiger partial charge >= 0.3 is 0 Å². The first-order valence-electron chi connectivity index (χ1n) is 7.22. The van der Waals surface area contributed by atoms with Crippen LogP contribution >= 0.6 is 11.3 Å². The summed E-state index contributed by atoms with van der Waals surface area (Å²) in [6.07, 6.45) is 5.39. The molecule has 0 radical (unpaired) electrons. The maximum absolute atomic E-state index is 5.91. The fraction of sp³-hybridized carbons (Fsp3) is 0.533. The fourth-order valence-electron chi connectivity index (χ4n) is 2.71. The number of aromatic nitrogens is 2. The second kappa shape index (κ2) is 6.52. The van der Waals surface area contributed by atoms with Crippen molar-refractivity contribution in [2.24, 2.45) is 5.92 Å². The van der Waals surface area contributed by atoms with Crippen LogP contribution in [0.5, 0.6) is 0 Å². The van der Waals surface area contributed by atoms with Crippen molar-refractivity contribution in [1.82, 2.24) is 15.1 Å². The topological polar surface area (TPSA) is 39.1 Å². The third-order valence-electron chi connectivity index (χ3n) is 3.84. The van der Waals surface area contributed by atoms with Gasteiger partial charge in [0.25, 0.3) is 0 Å². The van der Waals surface area contributed by atoms with Gasteiger partial charge in [-0.3, -0.25) is 4.68 Å². The van der Waals surface area contributed by atoms with Gasteiger partial charge in [0.1, 0.15) is 0 Å². The molecule has 0 bridgehead atoms. The molecule has 5 heteroatoms. The van der Waals surface area contributed by atoms with Crippen LogP contribution in [0.4, 0.5) is 0 Å². The summed E-state index contributed by atoms with van der Waals surface area (Å²) < 4.78 is 7.87. The zero-order valence-electron chi connectivity index (χ0n) is 11.8. The molecular weight excluding hydrogens is 270 g/mol. The first-order valence-corrected chi connectivity index (χ1v) is 8.17. The lowest BCUT2D eigenvalue weighted by molar-refractivity contribution is 0.0904. The van der Waals surface area contributed by atoms with E-state index in [0.717, 1.165) is 32.7 Å². The molecule has 3 heterocycles. The maximum atomic E-state index is 5.91. The Kier molecular flexibility index (Phi) is 4.50. The summed E-state index contributed by atoms with van der Waals surface area (Å²) in [4.78, 5) is 0. The summed E-state index contributed by atoms with van der Waals surface area (Å²) in [5, 5.41) is 12.2. The quantitative estimate of drug-likeness (QED) is 0.889. The standard InChI is InChI=1S/C15H21N3OS/c1-2-18-10-14(9-17-18)15-13(3-5-19-15)8-16-7-12-4-6-20-11-12/h4,6,9-11,13,15-16H,2-3,5,7-8H2,1H3/t13-,15+/m0/s1. The highest BCUT2D eigenvalue weighted by Gasteiger charge is 2.30. The van der Waals surface area contributed by atoms with Crippen molar-refractivity contribution in [2.45, 2.75) is 32.5 Å². The minimum atomic E-state index is 0.199. The van der Waals surface area contributed by atoms with Gasteiger partial charge in [-0.15, -0.1) is 0 Å². The van der Waals surface area contributed by atoms with Crippen LogP contribution in [0.25, 0.3) is 0 Å². The van der Waals surface area contributed by atoms with E-state index in [2.05, 4.69) is 40.4 Å². The lowest BCUT2D eigenvalue weighted by Gasteiger charge is -2.17. The monoisotopic (exact) mass is 291 g/mol. The van der Waals surface area contributed by atoms with Crippen molar-refractivity contribution < 1.29 is 4.74 Å². The Morgan fingerprint density at radius 3 is 3.25 bits per heavy atom.